The molecule has 0 fully saturated rings. The zero-order valence-electron chi connectivity index (χ0n) is 12.5. The Labute approximate surface area is 130 Å². The van der Waals surface area contributed by atoms with E-state index < -0.39 is 12.3 Å². The van der Waals surface area contributed by atoms with Gasteiger partial charge in [0.25, 0.3) is 5.91 Å². The van der Waals surface area contributed by atoms with E-state index >= 15 is 0 Å². The van der Waals surface area contributed by atoms with Gasteiger partial charge in [-0.25, -0.2) is 0 Å². The highest BCUT2D eigenvalue weighted by atomic mass is 19.4. The van der Waals surface area contributed by atoms with Crippen molar-refractivity contribution in [1.29, 1.82) is 0 Å². The number of nitrogens with zero attached hydrogens (tertiary/aromatic N) is 1. The number of hydrogen-bond donors (Lipinski definition) is 1. The van der Waals surface area contributed by atoms with Crippen molar-refractivity contribution < 1.29 is 27.2 Å². The molecule has 1 N–H and O–H groups in total. The number of nitrogens with one attached hydrogen (secondary N) is 1. The van der Waals surface area contributed by atoms with E-state index in [0.717, 1.165) is 0 Å². The predicted molar refractivity (Wildman–Crippen MR) is 74.9 cm³/mol. The summed E-state index contributed by atoms with van der Waals surface area (Å²) in [6.45, 7) is 3.65. The number of hydrogen-bond acceptors (Lipinski definition) is 4. The lowest BCUT2D eigenvalue weighted by Gasteiger charge is -2.13. The minimum absolute atomic E-state index is 0.00270. The molecule has 0 saturated heterocycles. The number of carbonyl (C=O) groups excluding carboxylic acids is 1. The van der Waals surface area contributed by atoms with Crippen molar-refractivity contribution in [2.45, 2.75) is 32.7 Å². The molecule has 8 heteroatoms. The summed E-state index contributed by atoms with van der Waals surface area (Å²) in [6.07, 6.45) is -4.79. The minimum atomic E-state index is -4.79. The first-order valence-corrected chi connectivity index (χ1v) is 6.84. The molecule has 0 aliphatic heterocycles. The summed E-state index contributed by atoms with van der Waals surface area (Å²) >= 11 is 0. The summed E-state index contributed by atoms with van der Waals surface area (Å²) in [5.41, 5.74) is 0.817. The predicted octanol–water partition coefficient (Wildman–Crippen LogP) is 3.63. The standard InChI is InChI=1S/C15H15F3N2O3/c1-9(2)11-7-13(23-20-11)14(21)19-8-10-5-3-4-6-12(10)22-15(16,17)18/h3-7,9H,8H2,1-2H3,(H,19,21). The molecule has 1 aromatic heterocycles. The van der Waals surface area contributed by atoms with Crippen LogP contribution >= 0.6 is 0 Å². The van der Waals surface area contributed by atoms with E-state index in [1.807, 2.05) is 13.8 Å². The topological polar surface area (TPSA) is 64.4 Å². The van der Waals surface area contributed by atoms with E-state index in [2.05, 4.69) is 15.2 Å². The summed E-state index contributed by atoms with van der Waals surface area (Å²) in [7, 11) is 0. The zero-order valence-corrected chi connectivity index (χ0v) is 12.5. The van der Waals surface area contributed by atoms with Crippen LogP contribution in [0, 0.1) is 0 Å². The minimum Gasteiger partial charge on any atom is -0.405 e. The van der Waals surface area contributed by atoms with Crippen molar-refractivity contribution in [3.63, 3.8) is 0 Å². The van der Waals surface area contributed by atoms with Gasteiger partial charge in [0.1, 0.15) is 5.75 Å². The Balaban J connectivity index is 2.04. The van der Waals surface area contributed by atoms with Crippen LogP contribution in [0.25, 0.3) is 0 Å². The van der Waals surface area contributed by atoms with E-state index in [0.29, 0.717) is 5.69 Å². The molecule has 2 rings (SSSR count). The second-order valence-electron chi connectivity index (χ2n) is 5.11. The van der Waals surface area contributed by atoms with Gasteiger partial charge in [-0.05, 0) is 12.0 Å². The molecule has 23 heavy (non-hydrogen) atoms. The van der Waals surface area contributed by atoms with Gasteiger partial charge in [0.05, 0.1) is 5.69 Å². The van der Waals surface area contributed by atoms with Crippen molar-refractivity contribution >= 4 is 5.91 Å². The number of rotatable bonds is 5. The molecule has 1 aromatic carbocycles. The van der Waals surface area contributed by atoms with E-state index in [4.69, 9.17) is 4.52 Å². The van der Waals surface area contributed by atoms with Crippen LogP contribution in [0.5, 0.6) is 5.75 Å². The summed E-state index contributed by atoms with van der Waals surface area (Å²) in [6, 6.07) is 7.08. The van der Waals surface area contributed by atoms with Gasteiger partial charge in [-0.15, -0.1) is 13.2 Å². The third kappa shape index (κ3) is 4.73. The highest BCUT2D eigenvalue weighted by molar-refractivity contribution is 5.91. The number of benzene rings is 1. The fourth-order valence-corrected chi connectivity index (χ4v) is 1.80. The maximum atomic E-state index is 12.3. The summed E-state index contributed by atoms with van der Waals surface area (Å²) < 4.78 is 45.8. The fraction of sp³-hybridized carbons (Fsp3) is 0.333. The third-order valence-electron chi connectivity index (χ3n) is 2.98. The number of para-hydroxylation sites is 1. The summed E-state index contributed by atoms with van der Waals surface area (Å²) in [4.78, 5) is 11.9. The quantitative estimate of drug-likeness (QED) is 0.910. The molecule has 0 aliphatic carbocycles. The van der Waals surface area contributed by atoms with Gasteiger partial charge < -0.3 is 14.6 Å². The molecule has 0 atom stereocenters. The normalized spacial score (nSPS) is 11.6. The highest BCUT2D eigenvalue weighted by Crippen LogP contribution is 2.26. The van der Waals surface area contributed by atoms with Crippen LogP contribution in [0.4, 0.5) is 13.2 Å². The molecule has 0 spiro atoms. The van der Waals surface area contributed by atoms with Gasteiger partial charge >= 0.3 is 6.36 Å². The molecular weight excluding hydrogens is 313 g/mol. The Hall–Kier alpha value is -2.51. The Morgan fingerprint density at radius 1 is 1.35 bits per heavy atom. The maximum absolute atomic E-state index is 12.3. The molecule has 2 aromatic rings. The number of ether oxygens (including phenoxy) is 1. The molecule has 124 valence electrons. The molecule has 0 radical (unpaired) electrons. The van der Waals surface area contributed by atoms with Crippen molar-refractivity contribution in [3.05, 3.63) is 47.3 Å². The summed E-state index contributed by atoms with van der Waals surface area (Å²) in [5.74, 6) is -0.823. The van der Waals surface area contributed by atoms with E-state index in [-0.39, 0.29) is 29.5 Å². The van der Waals surface area contributed by atoms with E-state index in [1.165, 1.54) is 24.3 Å². The Morgan fingerprint density at radius 3 is 2.65 bits per heavy atom. The van der Waals surface area contributed by atoms with E-state index in [9.17, 15) is 18.0 Å². The fourth-order valence-electron chi connectivity index (χ4n) is 1.80. The zero-order chi connectivity index (χ0) is 17.0. The van der Waals surface area contributed by atoms with Gasteiger partial charge in [-0.3, -0.25) is 4.79 Å². The molecule has 5 nitrogen and oxygen atoms in total. The number of aromatic nitrogens is 1. The SMILES string of the molecule is CC(C)c1cc(C(=O)NCc2ccccc2OC(F)(F)F)on1. The van der Waals surface area contributed by atoms with Crippen LogP contribution in [0.15, 0.2) is 34.9 Å². The number of alkyl halides is 3. The smallest absolute Gasteiger partial charge is 0.405 e. The first kappa shape index (κ1) is 16.9. The Bertz CT molecular complexity index is 681. The average molecular weight is 328 g/mol. The first-order chi connectivity index (χ1) is 10.8. The third-order valence-corrected chi connectivity index (χ3v) is 2.98. The van der Waals surface area contributed by atoms with Crippen LogP contribution in [0.2, 0.25) is 0 Å². The Morgan fingerprint density at radius 2 is 2.04 bits per heavy atom. The van der Waals surface area contributed by atoms with E-state index in [1.54, 1.807) is 6.07 Å². The van der Waals surface area contributed by atoms with Gasteiger partial charge in [0.2, 0.25) is 5.76 Å². The van der Waals surface area contributed by atoms with Crippen molar-refractivity contribution in [2.24, 2.45) is 0 Å². The van der Waals surface area contributed by atoms with Crippen molar-refractivity contribution in [1.82, 2.24) is 10.5 Å². The van der Waals surface area contributed by atoms with Gasteiger partial charge in [0, 0.05) is 18.2 Å². The lowest BCUT2D eigenvalue weighted by Crippen LogP contribution is -2.24. The lowest BCUT2D eigenvalue weighted by molar-refractivity contribution is -0.274. The molecule has 0 unspecified atom stereocenters. The van der Waals surface area contributed by atoms with Crippen molar-refractivity contribution in [3.8, 4) is 5.75 Å². The second-order valence-corrected chi connectivity index (χ2v) is 5.11. The Kier molecular flexibility index (Phi) is 4.92. The first-order valence-electron chi connectivity index (χ1n) is 6.84. The number of amides is 1. The molecular formula is C15H15F3N2O3. The van der Waals surface area contributed by atoms with Gasteiger partial charge in [0.15, 0.2) is 0 Å². The molecule has 1 amide bonds. The van der Waals surface area contributed by atoms with Crippen LogP contribution < -0.4 is 10.1 Å². The second kappa shape index (κ2) is 6.72. The highest BCUT2D eigenvalue weighted by Gasteiger charge is 2.32. The molecule has 0 aliphatic rings. The molecule has 0 saturated carbocycles. The van der Waals surface area contributed by atoms with Crippen LogP contribution in [-0.4, -0.2) is 17.4 Å². The van der Waals surface area contributed by atoms with Crippen LogP contribution in [-0.2, 0) is 6.54 Å². The molecule has 0 bridgehead atoms. The summed E-state index contributed by atoms with van der Waals surface area (Å²) in [5, 5.41) is 6.22. The number of carbonyl (C=O) groups is 1. The monoisotopic (exact) mass is 328 g/mol. The lowest BCUT2D eigenvalue weighted by atomic mass is 10.1. The molecule has 1 heterocycles. The van der Waals surface area contributed by atoms with Crippen LogP contribution in [0.1, 0.15) is 41.6 Å². The number of halogens is 3. The average Bonchev–Trinajstić information content (AvgIpc) is 2.94. The van der Waals surface area contributed by atoms with Gasteiger partial charge in [-0.2, -0.15) is 0 Å². The van der Waals surface area contributed by atoms with Crippen LogP contribution in [0.3, 0.4) is 0 Å². The largest absolute Gasteiger partial charge is 0.573 e. The maximum Gasteiger partial charge on any atom is 0.573 e. The van der Waals surface area contributed by atoms with Crippen molar-refractivity contribution in [2.75, 3.05) is 0 Å². The van der Waals surface area contributed by atoms with Gasteiger partial charge in [-0.1, -0.05) is 37.2 Å².